The SMILES string of the molecule is CCN(C)C=Nc1cc(Br)c(OC2CCC(=C(C)C)CC2)nc1C. The van der Waals surface area contributed by atoms with E-state index in [0.29, 0.717) is 5.88 Å². The van der Waals surface area contributed by atoms with Gasteiger partial charge in [-0.25, -0.2) is 9.98 Å². The topological polar surface area (TPSA) is 37.7 Å². The van der Waals surface area contributed by atoms with Crippen LogP contribution in [0.2, 0.25) is 0 Å². The molecule has 1 aliphatic carbocycles. The van der Waals surface area contributed by atoms with E-state index >= 15 is 0 Å². The van der Waals surface area contributed by atoms with Crippen LogP contribution in [0, 0.1) is 6.92 Å². The highest BCUT2D eigenvalue weighted by Gasteiger charge is 2.20. The van der Waals surface area contributed by atoms with E-state index in [1.807, 2.05) is 31.3 Å². The fourth-order valence-corrected chi connectivity index (χ4v) is 3.12. The molecule has 1 aromatic heterocycles. The molecule has 0 unspecified atom stereocenters. The van der Waals surface area contributed by atoms with E-state index in [1.165, 1.54) is 5.57 Å². The van der Waals surface area contributed by atoms with Crippen molar-refractivity contribution in [1.29, 1.82) is 0 Å². The molecule has 0 saturated heterocycles. The van der Waals surface area contributed by atoms with Gasteiger partial charge >= 0.3 is 0 Å². The smallest absolute Gasteiger partial charge is 0.228 e. The first kappa shape index (κ1) is 19.0. The lowest BCUT2D eigenvalue weighted by Crippen LogP contribution is -2.22. The van der Waals surface area contributed by atoms with Crippen molar-refractivity contribution >= 4 is 28.0 Å². The minimum Gasteiger partial charge on any atom is -0.474 e. The predicted molar refractivity (Wildman–Crippen MR) is 104 cm³/mol. The first-order valence-corrected chi connectivity index (χ1v) is 9.43. The summed E-state index contributed by atoms with van der Waals surface area (Å²) in [5, 5.41) is 0. The second-order valence-electron chi connectivity index (χ2n) is 6.62. The number of allylic oxidation sites excluding steroid dienone is 2. The van der Waals surface area contributed by atoms with Crippen LogP contribution in [0.3, 0.4) is 0 Å². The zero-order valence-corrected chi connectivity index (χ0v) is 17.0. The fourth-order valence-electron chi connectivity index (χ4n) is 2.72. The van der Waals surface area contributed by atoms with E-state index in [2.05, 4.69) is 46.7 Å². The van der Waals surface area contributed by atoms with Crippen molar-refractivity contribution in [3.8, 4) is 5.88 Å². The zero-order valence-electron chi connectivity index (χ0n) is 15.4. The first-order valence-electron chi connectivity index (χ1n) is 8.64. The molecular weight excluding hydrogens is 366 g/mol. The molecule has 24 heavy (non-hydrogen) atoms. The highest BCUT2D eigenvalue weighted by molar-refractivity contribution is 9.10. The van der Waals surface area contributed by atoms with Crippen LogP contribution in [-0.2, 0) is 0 Å². The minimum absolute atomic E-state index is 0.247. The van der Waals surface area contributed by atoms with Gasteiger partial charge < -0.3 is 9.64 Å². The zero-order chi connectivity index (χ0) is 17.7. The molecule has 0 aromatic carbocycles. The summed E-state index contributed by atoms with van der Waals surface area (Å²) in [5.74, 6) is 0.681. The van der Waals surface area contributed by atoms with Crippen molar-refractivity contribution in [2.75, 3.05) is 13.6 Å². The summed E-state index contributed by atoms with van der Waals surface area (Å²) in [5.41, 5.74) is 4.80. The summed E-state index contributed by atoms with van der Waals surface area (Å²) >= 11 is 3.58. The Hall–Kier alpha value is -1.36. The van der Waals surface area contributed by atoms with Crippen LogP contribution >= 0.6 is 15.9 Å². The van der Waals surface area contributed by atoms with Gasteiger partial charge in [0.25, 0.3) is 0 Å². The number of halogens is 1. The van der Waals surface area contributed by atoms with Crippen molar-refractivity contribution in [2.24, 2.45) is 4.99 Å². The number of hydrogen-bond donors (Lipinski definition) is 0. The van der Waals surface area contributed by atoms with Crippen LogP contribution in [0.15, 0.2) is 26.7 Å². The summed E-state index contributed by atoms with van der Waals surface area (Å²) in [6.07, 6.45) is 6.48. The summed E-state index contributed by atoms with van der Waals surface area (Å²) in [4.78, 5) is 11.1. The Morgan fingerprint density at radius 2 is 2.08 bits per heavy atom. The number of rotatable bonds is 5. The van der Waals surface area contributed by atoms with E-state index in [1.54, 1.807) is 5.57 Å². The third-order valence-corrected chi connectivity index (χ3v) is 5.09. The van der Waals surface area contributed by atoms with Crippen molar-refractivity contribution in [3.05, 3.63) is 27.4 Å². The Bertz CT molecular complexity index is 626. The molecule has 1 aromatic rings. The van der Waals surface area contributed by atoms with Gasteiger partial charge in [-0.2, -0.15) is 0 Å². The Kier molecular flexibility index (Phi) is 6.84. The number of aromatic nitrogens is 1. The van der Waals surface area contributed by atoms with Gasteiger partial charge in [0.2, 0.25) is 5.88 Å². The molecule has 0 aliphatic heterocycles. The molecule has 0 atom stereocenters. The maximum absolute atomic E-state index is 6.15. The second-order valence-corrected chi connectivity index (χ2v) is 7.47. The molecule has 4 nitrogen and oxygen atoms in total. The molecule has 1 heterocycles. The summed E-state index contributed by atoms with van der Waals surface area (Å²) in [7, 11) is 2.00. The normalized spacial score (nSPS) is 18.1. The van der Waals surface area contributed by atoms with Gasteiger partial charge in [-0.1, -0.05) is 11.1 Å². The summed E-state index contributed by atoms with van der Waals surface area (Å²) in [6, 6.07) is 1.99. The van der Waals surface area contributed by atoms with Gasteiger partial charge in [-0.3, -0.25) is 0 Å². The minimum atomic E-state index is 0.247. The summed E-state index contributed by atoms with van der Waals surface area (Å²) < 4.78 is 7.02. The van der Waals surface area contributed by atoms with Gasteiger partial charge in [-0.05, 0) is 75.4 Å². The molecule has 0 bridgehead atoms. The Labute approximate surface area is 154 Å². The maximum atomic E-state index is 6.15. The average Bonchev–Trinajstić information content (AvgIpc) is 2.56. The molecule has 1 saturated carbocycles. The summed E-state index contributed by atoms with van der Waals surface area (Å²) in [6.45, 7) is 9.39. The third-order valence-electron chi connectivity index (χ3n) is 4.52. The van der Waals surface area contributed by atoms with Crippen molar-refractivity contribution < 1.29 is 4.74 Å². The van der Waals surface area contributed by atoms with Crippen LogP contribution in [0.25, 0.3) is 0 Å². The molecule has 1 aliphatic rings. The number of aliphatic imine (C=N–C) groups is 1. The van der Waals surface area contributed by atoms with Gasteiger partial charge in [0, 0.05) is 13.6 Å². The van der Waals surface area contributed by atoms with Crippen LogP contribution in [0.5, 0.6) is 5.88 Å². The first-order chi connectivity index (χ1) is 11.4. The quantitative estimate of drug-likeness (QED) is 0.380. The van der Waals surface area contributed by atoms with Crippen molar-refractivity contribution in [3.63, 3.8) is 0 Å². The van der Waals surface area contributed by atoms with E-state index in [0.717, 1.165) is 48.1 Å². The standard InChI is InChI=1S/C19H28BrN3O/c1-6-23(5)12-21-18-11-17(20)19(22-14(18)4)24-16-9-7-15(8-10-16)13(2)3/h11-12,16H,6-10H2,1-5H3. The molecule has 132 valence electrons. The highest BCUT2D eigenvalue weighted by Crippen LogP contribution is 2.33. The van der Waals surface area contributed by atoms with Crippen LogP contribution < -0.4 is 4.74 Å². The predicted octanol–water partition coefficient (Wildman–Crippen LogP) is 5.42. The van der Waals surface area contributed by atoms with Gasteiger partial charge in [0.05, 0.1) is 22.2 Å². The molecule has 0 spiro atoms. The lowest BCUT2D eigenvalue weighted by molar-refractivity contribution is 0.160. The second kappa shape index (κ2) is 8.65. The third kappa shape index (κ3) is 5.07. The van der Waals surface area contributed by atoms with Crippen LogP contribution in [0.4, 0.5) is 5.69 Å². The Morgan fingerprint density at radius 3 is 2.67 bits per heavy atom. The van der Waals surface area contributed by atoms with E-state index < -0.39 is 0 Å². The molecule has 0 radical (unpaired) electrons. The fraction of sp³-hybridized carbons (Fsp3) is 0.579. The maximum Gasteiger partial charge on any atom is 0.228 e. The number of pyridine rings is 1. The van der Waals surface area contributed by atoms with E-state index in [9.17, 15) is 0 Å². The largest absolute Gasteiger partial charge is 0.474 e. The molecule has 2 rings (SSSR count). The van der Waals surface area contributed by atoms with Crippen LogP contribution in [0.1, 0.15) is 52.1 Å². The number of hydrogen-bond acceptors (Lipinski definition) is 3. The number of aryl methyl sites for hydroxylation is 1. The lowest BCUT2D eigenvalue weighted by atomic mass is 9.90. The van der Waals surface area contributed by atoms with Gasteiger partial charge in [-0.15, -0.1) is 0 Å². The number of ether oxygens (including phenoxy) is 1. The Morgan fingerprint density at radius 1 is 1.42 bits per heavy atom. The monoisotopic (exact) mass is 393 g/mol. The van der Waals surface area contributed by atoms with Crippen molar-refractivity contribution in [1.82, 2.24) is 9.88 Å². The Balaban J connectivity index is 2.06. The average molecular weight is 394 g/mol. The molecule has 5 heteroatoms. The molecular formula is C19H28BrN3O. The number of nitrogens with zero attached hydrogens (tertiary/aromatic N) is 3. The van der Waals surface area contributed by atoms with Gasteiger partial charge in [0.15, 0.2) is 0 Å². The highest BCUT2D eigenvalue weighted by atomic mass is 79.9. The van der Waals surface area contributed by atoms with E-state index in [-0.39, 0.29) is 6.10 Å². The van der Waals surface area contributed by atoms with E-state index in [4.69, 9.17) is 4.74 Å². The van der Waals surface area contributed by atoms with Crippen LogP contribution in [-0.4, -0.2) is 35.9 Å². The molecule has 0 amide bonds. The van der Waals surface area contributed by atoms with Crippen molar-refractivity contribution in [2.45, 2.75) is 59.5 Å². The molecule has 1 fully saturated rings. The lowest BCUT2D eigenvalue weighted by Gasteiger charge is -2.26. The van der Waals surface area contributed by atoms with Gasteiger partial charge in [0.1, 0.15) is 6.10 Å². The molecule has 0 N–H and O–H groups in total.